The quantitative estimate of drug-likeness (QED) is 0.454. The number of ether oxygens (including phenoxy) is 2. The van der Waals surface area contributed by atoms with Gasteiger partial charge < -0.3 is 14.4 Å². The summed E-state index contributed by atoms with van der Waals surface area (Å²) in [7, 11) is -4.16. The molecule has 1 heterocycles. The molecule has 1 aliphatic rings. The third-order valence-corrected chi connectivity index (χ3v) is 8.08. The third-order valence-electron chi connectivity index (χ3n) is 5.57. The first-order chi connectivity index (χ1) is 15.5. The number of nitrogens with zero attached hydrogens (tertiary/aromatic N) is 1. The molecule has 8 nitrogen and oxygen atoms in total. The minimum absolute atomic E-state index is 0.0279. The monoisotopic (exact) mass is 488 g/mol. The van der Waals surface area contributed by atoms with Crippen LogP contribution in [0.15, 0.2) is 53.4 Å². The molecule has 2 aromatic rings. The predicted molar refractivity (Wildman–Crippen MR) is 111 cm³/mol. The van der Waals surface area contributed by atoms with E-state index in [1.807, 2.05) is 11.8 Å². The molecule has 0 bridgehead atoms. The van der Waals surface area contributed by atoms with Crippen molar-refractivity contribution in [1.82, 2.24) is 10.4 Å². The summed E-state index contributed by atoms with van der Waals surface area (Å²) in [5, 5.41) is 9.21. The standard InChI is InChI=1S/C21H23F3N2O6S/c1-2-26-13-11-20(12-14-26,19(27)25-28)33(29,30)18-9-7-16(8-10-18)31-15-3-5-17(6-4-15)32-21(22,23)24/h3-10,28H,2,11-14H2,1H3,(H,25,27). The van der Waals surface area contributed by atoms with Crippen LogP contribution in [0.3, 0.4) is 0 Å². The number of amides is 1. The van der Waals surface area contributed by atoms with Crippen LogP contribution < -0.4 is 15.0 Å². The van der Waals surface area contributed by atoms with Gasteiger partial charge in [0, 0.05) is 13.1 Å². The molecule has 3 rings (SSSR count). The van der Waals surface area contributed by atoms with Gasteiger partial charge in [0.15, 0.2) is 14.6 Å². The number of likely N-dealkylation sites (tertiary alicyclic amines) is 1. The van der Waals surface area contributed by atoms with Gasteiger partial charge in [0.05, 0.1) is 4.90 Å². The number of benzene rings is 2. The number of hydrogen-bond donors (Lipinski definition) is 2. The molecule has 1 saturated heterocycles. The summed E-state index contributed by atoms with van der Waals surface area (Å²) in [5.41, 5.74) is 1.50. The van der Waals surface area contributed by atoms with Crippen molar-refractivity contribution >= 4 is 15.7 Å². The number of alkyl halides is 3. The van der Waals surface area contributed by atoms with Crippen LogP contribution in [-0.2, 0) is 14.6 Å². The normalized spacial score (nSPS) is 16.8. The Morgan fingerprint density at radius 2 is 1.52 bits per heavy atom. The molecule has 1 aliphatic heterocycles. The zero-order chi connectivity index (χ0) is 24.3. The summed E-state index contributed by atoms with van der Waals surface area (Å²) < 4.78 is 71.1. The van der Waals surface area contributed by atoms with Gasteiger partial charge in [0.1, 0.15) is 17.2 Å². The maximum absolute atomic E-state index is 13.4. The second-order valence-corrected chi connectivity index (χ2v) is 9.73. The molecule has 0 radical (unpaired) electrons. The summed E-state index contributed by atoms with van der Waals surface area (Å²) in [6, 6.07) is 10.0. The van der Waals surface area contributed by atoms with Gasteiger partial charge in [-0.25, -0.2) is 13.9 Å². The SMILES string of the molecule is CCN1CCC(C(=O)NO)(S(=O)(=O)c2ccc(Oc3ccc(OC(F)(F)F)cc3)cc2)CC1. The lowest BCUT2D eigenvalue weighted by molar-refractivity contribution is -0.274. The van der Waals surface area contributed by atoms with Crippen molar-refractivity contribution in [1.29, 1.82) is 0 Å². The average Bonchev–Trinajstić information content (AvgIpc) is 2.79. The van der Waals surface area contributed by atoms with Gasteiger partial charge in [-0.15, -0.1) is 13.2 Å². The number of hydroxylamine groups is 1. The minimum atomic E-state index is -4.80. The van der Waals surface area contributed by atoms with Crippen LogP contribution in [0.1, 0.15) is 19.8 Å². The fourth-order valence-corrected chi connectivity index (χ4v) is 5.66. The van der Waals surface area contributed by atoms with Crippen molar-refractivity contribution in [2.24, 2.45) is 0 Å². The van der Waals surface area contributed by atoms with E-state index in [1.165, 1.54) is 41.9 Å². The van der Waals surface area contributed by atoms with Gasteiger partial charge in [-0.1, -0.05) is 6.92 Å². The van der Waals surface area contributed by atoms with Crippen LogP contribution in [0.25, 0.3) is 0 Å². The smallest absolute Gasteiger partial charge is 0.457 e. The minimum Gasteiger partial charge on any atom is -0.457 e. The second-order valence-electron chi connectivity index (χ2n) is 7.47. The zero-order valence-corrected chi connectivity index (χ0v) is 18.4. The highest BCUT2D eigenvalue weighted by atomic mass is 32.2. The first kappa shape index (κ1) is 24.8. The number of piperidine rings is 1. The van der Waals surface area contributed by atoms with E-state index in [0.717, 1.165) is 12.1 Å². The van der Waals surface area contributed by atoms with Crippen LogP contribution in [0.5, 0.6) is 17.2 Å². The number of sulfone groups is 1. The van der Waals surface area contributed by atoms with E-state index >= 15 is 0 Å². The van der Waals surface area contributed by atoms with Gasteiger partial charge in [-0.3, -0.25) is 10.0 Å². The summed E-state index contributed by atoms with van der Waals surface area (Å²) in [5.74, 6) is -0.930. The van der Waals surface area contributed by atoms with Crippen LogP contribution in [0.4, 0.5) is 13.2 Å². The number of hydrogen-bond acceptors (Lipinski definition) is 7. The highest BCUT2D eigenvalue weighted by Crippen LogP contribution is 2.37. The number of halogens is 3. The van der Waals surface area contributed by atoms with Crippen molar-refractivity contribution < 1.29 is 41.1 Å². The van der Waals surface area contributed by atoms with E-state index in [9.17, 15) is 31.6 Å². The van der Waals surface area contributed by atoms with Crippen LogP contribution in [0, 0.1) is 0 Å². The van der Waals surface area contributed by atoms with Crippen LogP contribution >= 0.6 is 0 Å². The van der Waals surface area contributed by atoms with E-state index < -0.39 is 32.6 Å². The molecule has 0 atom stereocenters. The lowest BCUT2D eigenvalue weighted by Crippen LogP contribution is -2.57. The lowest BCUT2D eigenvalue weighted by Gasteiger charge is -2.39. The Morgan fingerprint density at radius 1 is 1.03 bits per heavy atom. The summed E-state index contributed by atoms with van der Waals surface area (Å²) in [4.78, 5) is 14.4. The number of carbonyl (C=O) groups excluding carboxylic acids is 1. The Bertz CT molecular complexity index is 1060. The Balaban J connectivity index is 1.78. The summed E-state index contributed by atoms with van der Waals surface area (Å²) >= 11 is 0. The Labute approximate surface area is 188 Å². The van der Waals surface area contributed by atoms with Gasteiger partial charge in [0.25, 0.3) is 5.91 Å². The Kier molecular flexibility index (Phi) is 7.20. The number of rotatable bonds is 7. The van der Waals surface area contributed by atoms with Crippen molar-refractivity contribution in [3.8, 4) is 17.2 Å². The fourth-order valence-electron chi connectivity index (χ4n) is 3.71. The first-order valence-corrected chi connectivity index (χ1v) is 11.5. The third kappa shape index (κ3) is 5.40. The first-order valence-electron chi connectivity index (χ1n) is 10.1. The van der Waals surface area contributed by atoms with Crippen molar-refractivity contribution in [3.05, 3.63) is 48.5 Å². The van der Waals surface area contributed by atoms with Crippen molar-refractivity contribution in [3.63, 3.8) is 0 Å². The molecule has 33 heavy (non-hydrogen) atoms. The second kappa shape index (κ2) is 9.57. The van der Waals surface area contributed by atoms with Gasteiger partial charge >= 0.3 is 6.36 Å². The van der Waals surface area contributed by atoms with E-state index in [-0.39, 0.29) is 29.2 Å². The Hall–Kier alpha value is -2.83. The Morgan fingerprint density at radius 3 is 1.97 bits per heavy atom. The molecule has 1 fully saturated rings. The molecule has 0 unspecified atom stereocenters. The molecular weight excluding hydrogens is 465 g/mol. The van der Waals surface area contributed by atoms with E-state index in [4.69, 9.17) is 4.74 Å². The number of carbonyl (C=O) groups is 1. The van der Waals surface area contributed by atoms with Gasteiger partial charge in [-0.05, 0) is 67.9 Å². The molecular formula is C21H23F3N2O6S. The van der Waals surface area contributed by atoms with E-state index in [0.29, 0.717) is 19.6 Å². The molecule has 2 N–H and O–H groups in total. The molecule has 0 spiro atoms. The summed E-state index contributed by atoms with van der Waals surface area (Å²) in [6.07, 6.45) is -4.75. The molecule has 0 aromatic heterocycles. The van der Waals surface area contributed by atoms with E-state index in [1.54, 1.807) is 0 Å². The zero-order valence-electron chi connectivity index (χ0n) is 17.6. The number of nitrogens with one attached hydrogen (secondary N) is 1. The van der Waals surface area contributed by atoms with Crippen LogP contribution in [-0.4, -0.2) is 55.2 Å². The van der Waals surface area contributed by atoms with Crippen LogP contribution in [0.2, 0.25) is 0 Å². The largest absolute Gasteiger partial charge is 0.573 e. The molecule has 180 valence electrons. The maximum Gasteiger partial charge on any atom is 0.573 e. The van der Waals surface area contributed by atoms with Gasteiger partial charge in [-0.2, -0.15) is 0 Å². The molecule has 12 heteroatoms. The molecule has 0 saturated carbocycles. The van der Waals surface area contributed by atoms with Crippen molar-refractivity contribution in [2.45, 2.75) is 35.8 Å². The molecule has 2 aromatic carbocycles. The van der Waals surface area contributed by atoms with Crippen molar-refractivity contribution in [2.75, 3.05) is 19.6 Å². The highest BCUT2D eigenvalue weighted by Gasteiger charge is 2.52. The lowest BCUT2D eigenvalue weighted by atomic mass is 9.95. The average molecular weight is 488 g/mol. The van der Waals surface area contributed by atoms with Gasteiger partial charge in [0.2, 0.25) is 0 Å². The summed E-state index contributed by atoms with van der Waals surface area (Å²) in [6.45, 7) is 3.42. The predicted octanol–water partition coefficient (Wildman–Crippen LogP) is 3.51. The highest BCUT2D eigenvalue weighted by molar-refractivity contribution is 7.93. The topological polar surface area (TPSA) is 105 Å². The molecule has 0 aliphatic carbocycles. The maximum atomic E-state index is 13.4. The molecule has 1 amide bonds. The van der Waals surface area contributed by atoms with E-state index in [2.05, 4.69) is 4.74 Å². The fraction of sp³-hybridized carbons (Fsp3) is 0.381.